The number of nitrogens with one attached hydrogen (secondary N) is 3. The molecule has 1 aromatic heterocycles. The number of hydrogen-bond acceptors (Lipinski definition) is 4. The first-order valence-corrected chi connectivity index (χ1v) is 8.90. The summed E-state index contributed by atoms with van der Waals surface area (Å²) in [7, 11) is 0. The van der Waals surface area contributed by atoms with Gasteiger partial charge in [-0.15, -0.1) is 0 Å². The fourth-order valence-corrected chi connectivity index (χ4v) is 2.65. The van der Waals surface area contributed by atoms with Gasteiger partial charge in [0.2, 0.25) is 5.91 Å². The van der Waals surface area contributed by atoms with Crippen molar-refractivity contribution in [3.05, 3.63) is 77.5 Å². The van der Waals surface area contributed by atoms with Crippen molar-refractivity contribution in [2.45, 2.75) is 20.8 Å². The average molecular weight is 374 g/mol. The van der Waals surface area contributed by atoms with Crippen LogP contribution in [0.15, 0.2) is 60.8 Å². The largest absolute Gasteiger partial charge is 0.340 e. The van der Waals surface area contributed by atoms with Crippen LogP contribution in [0.25, 0.3) is 0 Å². The molecule has 3 aromatic rings. The van der Waals surface area contributed by atoms with E-state index >= 15 is 0 Å². The number of nitrogens with zero attached hydrogens (tertiary/aromatic N) is 1. The molecular formula is C22H22N4O2. The Morgan fingerprint density at radius 2 is 1.54 bits per heavy atom. The molecule has 0 saturated heterocycles. The lowest BCUT2D eigenvalue weighted by Crippen LogP contribution is -2.12. The lowest BCUT2D eigenvalue weighted by molar-refractivity contribution is -0.114. The molecule has 0 aliphatic heterocycles. The zero-order chi connectivity index (χ0) is 20.1. The molecule has 0 saturated carbocycles. The van der Waals surface area contributed by atoms with E-state index in [9.17, 15) is 9.59 Å². The van der Waals surface area contributed by atoms with Crippen molar-refractivity contribution in [3.63, 3.8) is 0 Å². The predicted octanol–water partition coefficient (Wildman–Crippen LogP) is 4.65. The molecule has 0 bridgehead atoms. The summed E-state index contributed by atoms with van der Waals surface area (Å²) in [5.41, 5.74) is 5.04. The first-order chi connectivity index (χ1) is 13.4. The summed E-state index contributed by atoms with van der Waals surface area (Å²) in [4.78, 5) is 27.8. The zero-order valence-electron chi connectivity index (χ0n) is 16.0. The Hall–Kier alpha value is -3.67. The highest BCUT2D eigenvalue weighted by Crippen LogP contribution is 2.21. The van der Waals surface area contributed by atoms with Crippen LogP contribution in [-0.2, 0) is 4.79 Å². The minimum Gasteiger partial charge on any atom is -0.340 e. The highest BCUT2D eigenvalue weighted by atomic mass is 16.2. The van der Waals surface area contributed by atoms with E-state index in [4.69, 9.17) is 0 Å². The van der Waals surface area contributed by atoms with Crippen molar-refractivity contribution in [2.75, 3.05) is 16.0 Å². The van der Waals surface area contributed by atoms with E-state index in [1.165, 1.54) is 13.1 Å². The molecule has 0 fully saturated rings. The fourth-order valence-electron chi connectivity index (χ4n) is 2.65. The summed E-state index contributed by atoms with van der Waals surface area (Å²) in [5, 5.41) is 8.77. The van der Waals surface area contributed by atoms with Gasteiger partial charge in [-0.3, -0.25) is 9.59 Å². The minimum absolute atomic E-state index is 0.141. The third kappa shape index (κ3) is 4.94. The van der Waals surface area contributed by atoms with Gasteiger partial charge in [-0.2, -0.15) is 0 Å². The van der Waals surface area contributed by atoms with Crippen molar-refractivity contribution in [2.24, 2.45) is 0 Å². The first-order valence-electron chi connectivity index (χ1n) is 8.90. The molecule has 0 unspecified atom stereocenters. The van der Waals surface area contributed by atoms with Gasteiger partial charge in [-0.1, -0.05) is 12.1 Å². The monoisotopic (exact) mass is 374 g/mol. The number of rotatable bonds is 5. The molecule has 6 nitrogen and oxygen atoms in total. The molecule has 0 atom stereocenters. The molecule has 3 rings (SSSR count). The molecule has 1 heterocycles. The van der Waals surface area contributed by atoms with Crippen LogP contribution in [0.5, 0.6) is 0 Å². The van der Waals surface area contributed by atoms with Crippen molar-refractivity contribution in [1.82, 2.24) is 4.98 Å². The Morgan fingerprint density at radius 3 is 2.14 bits per heavy atom. The molecule has 2 aromatic carbocycles. The Morgan fingerprint density at radius 1 is 0.857 bits per heavy atom. The highest BCUT2D eigenvalue weighted by Gasteiger charge is 2.08. The van der Waals surface area contributed by atoms with E-state index in [1.807, 2.05) is 13.8 Å². The smallest absolute Gasteiger partial charge is 0.257 e. The van der Waals surface area contributed by atoms with Crippen LogP contribution in [-0.4, -0.2) is 16.8 Å². The molecule has 28 heavy (non-hydrogen) atoms. The van der Waals surface area contributed by atoms with Gasteiger partial charge in [0.1, 0.15) is 5.82 Å². The van der Waals surface area contributed by atoms with Crippen molar-refractivity contribution < 1.29 is 9.59 Å². The maximum atomic E-state index is 12.4. The summed E-state index contributed by atoms with van der Waals surface area (Å²) < 4.78 is 0. The number of aromatic nitrogens is 1. The van der Waals surface area contributed by atoms with Crippen molar-refractivity contribution in [1.29, 1.82) is 0 Å². The highest BCUT2D eigenvalue weighted by molar-refractivity contribution is 6.04. The fraction of sp³-hybridized carbons (Fsp3) is 0.136. The number of hydrogen-bond donors (Lipinski definition) is 3. The first kappa shape index (κ1) is 19.1. The minimum atomic E-state index is -0.252. The van der Waals surface area contributed by atoms with Crippen LogP contribution in [0.2, 0.25) is 0 Å². The maximum Gasteiger partial charge on any atom is 0.257 e. The molecule has 2 amide bonds. The summed E-state index contributed by atoms with van der Waals surface area (Å²) in [5.74, 6) is 0.278. The lowest BCUT2D eigenvalue weighted by Gasteiger charge is -2.10. The standard InChI is InChI=1S/C22H22N4O2/c1-14-4-5-15(2)20(12-14)26-21-11-6-17(13-23-21)22(28)25-19-9-7-18(8-10-19)24-16(3)27/h4-13H,1-3H3,(H,23,26)(H,24,27)(H,25,28). The molecule has 0 radical (unpaired) electrons. The van der Waals surface area contributed by atoms with Crippen LogP contribution in [0.1, 0.15) is 28.4 Å². The van der Waals surface area contributed by atoms with Gasteiger partial charge in [0.05, 0.1) is 5.56 Å². The molecule has 0 aliphatic carbocycles. The second kappa shape index (κ2) is 8.35. The Bertz CT molecular complexity index is 996. The van der Waals surface area contributed by atoms with Crippen LogP contribution in [0.3, 0.4) is 0 Å². The molecule has 142 valence electrons. The Balaban J connectivity index is 1.65. The third-order valence-corrected chi connectivity index (χ3v) is 4.14. The second-order valence-corrected chi connectivity index (χ2v) is 6.59. The number of anilines is 4. The van der Waals surface area contributed by atoms with Gasteiger partial charge in [0.15, 0.2) is 0 Å². The molecule has 3 N–H and O–H groups in total. The quantitative estimate of drug-likeness (QED) is 0.607. The molecule has 0 spiro atoms. The number of carbonyl (C=O) groups is 2. The van der Waals surface area contributed by atoms with Crippen LogP contribution < -0.4 is 16.0 Å². The van der Waals surface area contributed by atoms with Crippen LogP contribution in [0, 0.1) is 13.8 Å². The van der Waals surface area contributed by atoms with Gasteiger partial charge in [0.25, 0.3) is 5.91 Å². The van der Waals surface area contributed by atoms with Crippen molar-refractivity contribution in [3.8, 4) is 0 Å². The Labute approximate surface area is 164 Å². The van der Waals surface area contributed by atoms with Crippen LogP contribution >= 0.6 is 0 Å². The number of carbonyl (C=O) groups excluding carboxylic acids is 2. The topological polar surface area (TPSA) is 83.1 Å². The van der Waals surface area contributed by atoms with E-state index in [-0.39, 0.29) is 11.8 Å². The van der Waals surface area contributed by atoms with Crippen molar-refractivity contribution >= 4 is 34.7 Å². The van der Waals surface area contributed by atoms with Gasteiger partial charge in [0, 0.05) is 30.2 Å². The van der Waals surface area contributed by atoms with Crippen LogP contribution in [0.4, 0.5) is 22.9 Å². The SMILES string of the molecule is CC(=O)Nc1ccc(NC(=O)c2ccc(Nc3cc(C)ccc3C)nc2)cc1. The average Bonchev–Trinajstić information content (AvgIpc) is 2.66. The summed E-state index contributed by atoms with van der Waals surface area (Å²) in [6.45, 7) is 5.51. The summed E-state index contributed by atoms with van der Waals surface area (Å²) >= 11 is 0. The second-order valence-electron chi connectivity index (χ2n) is 6.59. The molecular weight excluding hydrogens is 352 g/mol. The number of benzene rings is 2. The van der Waals surface area contributed by atoms with Gasteiger partial charge >= 0.3 is 0 Å². The third-order valence-electron chi connectivity index (χ3n) is 4.14. The zero-order valence-corrected chi connectivity index (χ0v) is 16.0. The summed E-state index contributed by atoms with van der Waals surface area (Å²) in [6.07, 6.45) is 1.54. The van der Waals surface area contributed by atoms with E-state index in [0.717, 1.165) is 16.8 Å². The predicted molar refractivity (Wildman–Crippen MR) is 112 cm³/mol. The lowest BCUT2D eigenvalue weighted by atomic mass is 10.1. The number of aryl methyl sites for hydroxylation is 2. The normalized spacial score (nSPS) is 10.2. The van der Waals surface area contributed by atoms with Gasteiger partial charge in [-0.05, 0) is 67.4 Å². The van der Waals surface area contributed by atoms with Gasteiger partial charge in [-0.25, -0.2) is 4.98 Å². The van der Waals surface area contributed by atoms with E-state index in [1.54, 1.807) is 36.4 Å². The molecule has 6 heteroatoms. The Kier molecular flexibility index (Phi) is 5.69. The van der Waals surface area contributed by atoms with Gasteiger partial charge < -0.3 is 16.0 Å². The van der Waals surface area contributed by atoms with E-state index < -0.39 is 0 Å². The molecule has 0 aliphatic rings. The maximum absolute atomic E-state index is 12.4. The van der Waals surface area contributed by atoms with E-state index in [2.05, 4.69) is 39.1 Å². The number of pyridine rings is 1. The summed E-state index contributed by atoms with van der Waals surface area (Å²) in [6, 6.07) is 16.6. The number of amides is 2. The van der Waals surface area contributed by atoms with E-state index in [0.29, 0.717) is 22.8 Å².